The number of hydrogen-bond donors (Lipinski definition) is 0. The Hall–Kier alpha value is 2.09. The summed E-state index contributed by atoms with van der Waals surface area (Å²) in [6, 6.07) is 0. The van der Waals surface area contributed by atoms with Gasteiger partial charge in [0, 0.05) is 0 Å². The number of unbranched alkanes of at least 4 members (excludes halogenated alkanes) is 6. The van der Waals surface area contributed by atoms with E-state index in [1.54, 1.807) is 23.5 Å². The molecule has 0 spiro atoms. The Morgan fingerprint density at radius 3 is 1.29 bits per heavy atom. The van der Waals surface area contributed by atoms with Crippen LogP contribution in [0.1, 0.15) is 65.2 Å². The van der Waals surface area contributed by atoms with E-state index in [-0.39, 0.29) is 23.1 Å². The zero-order valence-electron chi connectivity index (χ0n) is 13.2. The van der Waals surface area contributed by atoms with Gasteiger partial charge in [0.05, 0.1) is 0 Å². The van der Waals surface area contributed by atoms with Crippen molar-refractivity contribution in [2.75, 3.05) is 11.5 Å². The van der Waals surface area contributed by atoms with Crippen molar-refractivity contribution in [2.24, 2.45) is 0 Å². The summed E-state index contributed by atoms with van der Waals surface area (Å²) < 4.78 is 1.33. The fourth-order valence-corrected chi connectivity index (χ4v) is 3.40. The Kier molecular flexibility index (Phi) is 32.4. The van der Waals surface area contributed by atoms with Gasteiger partial charge in [-0.3, -0.25) is 0 Å². The van der Waals surface area contributed by atoms with Crippen LogP contribution >= 0.6 is 48.0 Å². The molecule has 0 aliphatic rings. The molecule has 0 saturated carbocycles. The minimum absolute atomic E-state index is 0. The third-order valence-corrected chi connectivity index (χ3v) is 5.31. The molecule has 0 saturated heterocycles. The molecule has 0 aliphatic heterocycles. The standard InChI is InChI=1S/2C7H14S3.Mg/c2*1-2-3-4-5-6-10-7(8)9;/h2*2-6H2,1H3,(H,8,9);/q;;+2/p-2. The van der Waals surface area contributed by atoms with Gasteiger partial charge in [0.25, 0.3) is 0 Å². The molecule has 0 unspecified atom stereocenters. The molecule has 0 aliphatic carbocycles. The maximum absolute atomic E-state index is 4.75. The summed E-state index contributed by atoms with van der Waals surface area (Å²) in [5, 5.41) is 0. The van der Waals surface area contributed by atoms with Gasteiger partial charge in [-0.15, -0.1) is 23.5 Å². The molecule has 120 valence electrons. The maximum Gasteiger partial charge on any atom is 2.00 e. The first-order chi connectivity index (χ1) is 9.54. The topological polar surface area (TPSA) is 0 Å². The Morgan fingerprint density at radius 1 is 0.714 bits per heavy atom. The third-order valence-electron chi connectivity index (χ3n) is 2.44. The molecule has 21 heavy (non-hydrogen) atoms. The first kappa shape index (κ1) is 27.9. The molecule has 0 aromatic rings. The molecule has 0 N–H and O–H groups in total. The van der Waals surface area contributed by atoms with E-state index >= 15 is 0 Å². The second-order valence-electron chi connectivity index (χ2n) is 4.32. The Bertz CT molecular complexity index is 212. The van der Waals surface area contributed by atoms with Crippen LogP contribution in [0.4, 0.5) is 0 Å². The Balaban J connectivity index is -0.000000295. The molecule has 0 radical (unpaired) electrons. The molecular weight excluding hydrogens is 385 g/mol. The van der Waals surface area contributed by atoms with E-state index in [0.29, 0.717) is 7.06 Å². The predicted molar refractivity (Wildman–Crippen MR) is 119 cm³/mol. The van der Waals surface area contributed by atoms with Gasteiger partial charge in [-0.05, 0) is 24.3 Å². The van der Waals surface area contributed by atoms with Gasteiger partial charge in [-0.25, -0.2) is 0 Å². The van der Waals surface area contributed by atoms with Crippen molar-refractivity contribution in [3.05, 3.63) is 0 Å². The molecule has 0 amide bonds. The minimum Gasteiger partial charge on any atom is -0.422 e. The fourth-order valence-electron chi connectivity index (χ4n) is 1.37. The maximum atomic E-state index is 4.75. The molecule has 0 fully saturated rings. The van der Waals surface area contributed by atoms with Crippen molar-refractivity contribution in [1.82, 2.24) is 0 Å². The molecule has 0 atom stereocenters. The zero-order chi connectivity index (χ0) is 15.6. The van der Waals surface area contributed by atoms with Crippen LogP contribution in [0, 0.1) is 0 Å². The van der Waals surface area contributed by atoms with E-state index in [1.807, 2.05) is 0 Å². The summed E-state index contributed by atoms with van der Waals surface area (Å²) >= 11 is 22.3. The number of thiocarbonyl (C=S) groups is 2. The SMILES string of the molecule is CCCCCCSC(=S)[S-].CCCCCCSC(=S)[S-].[Mg+2]. The van der Waals surface area contributed by atoms with Crippen LogP contribution in [0.3, 0.4) is 0 Å². The van der Waals surface area contributed by atoms with Crippen molar-refractivity contribution < 1.29 is 0 Å². The average molecular weight is 411 g/mol. The summed E-state index contributed by atoms with van der Waals surface area (Å²) in [6.07, 6.45) is 10.4. The van der Waals surface area contributed by atoms with Crippen molar-refractivity contribution >= 4 is 103 Å². The Morgan fingerprint density at radius 2 is 1.05 bits per heavy atom. The molecule has 0 aromatic carbocycles. The normalized spacial score (nSPS) is 9.24. The van der Waals surface area contributed by atoms with Crippen molar-refractivity contribution in [1.29, 1.82) is 0 Å². The van der Waals surface area contributed by atoms with Gasteiger partial charge in [-0.1, -0.05) is 59.4 Å². The van der Waals surface area contributed by atoms with Crippen LogP contribution in [0.5, 0.6) is 0 Å². The molecule has 0 bridgehead atoms. The second-order valence-corrected chi connectivity index (χ2v) is 9.71. The van der Waals surface area contributed by atoms with Crippen LogP contribution in [0.2, 0.25) is 0 Å². The summed E-state index contributed by atoms with van der Waals surface area (Å²) in [5.41, 5.74) is 0. The molecule has 0 heterocycles. The average Bonchev–Trinajstić information content (AvgIpc) is 2.38. The first-order valence-electron chi connectivity index (χ1n) is 7.22. The molecule has 0 aromatic heterocycles. The van der Waals surface area contributed by atoms with Crippen molar-refractivity contribution in [2.45, 2.75) is 65.2 Å². The third kappa shape index (κ3) is 34.4. The van der Waals surface area contributed by atoms with Crippen molar-refractivity contribution in [3.63, 3.8) is 0 Å². The number of rotatable bonds is 10. The summed E-state index contributed by atoms with van der Waals surface area (Å²) in [4.78, 5) is 0. The molecule has 0 nitrogen and oxygen atoms in total. The van der Waals surface area contributed by atoms with Gasteiger partial charge in [0.1, 0.15) is 0 Å². The molecule has 7 heteroatoms. The van der Waals surface area contributed by atoms with Crippen LogP contribution < -0.4 is 0 Å². The minimum atomic E-state index is 0. The largest absolute Gasteiger partial charge is 2.00 e. The van der Waals surface area contributed by atoms with Crippen LogP contribution in [0.15, 0.2) is 0 Å². The number of hydrogen-bond acceptors (Lipinski definition) is 6. The Labute approximate surface area is 178 Å². The monoisotopic (exact) mass is 410 g/mol. The van der Waals surface area contributed by atoms with Gasteiger partial charge < -0.3 is 49.7 Å². The van der Waals surface area contributed by atoms with Crippen LogP contribution in [-0.4, -0.2) is 41.6 Å². The number of thioether (sulfide) groups is 2. The van der Waals surface area contributed by atoms with E-state index in [4.69, 9.17) is 49.7 Å². The van der Waals surface area contributed by atoms with Crippen LogP contribution in [0.25, 0.3) is 0 Å². The fraction of sp³-hybridized carbons (Fsp3) is 0.857. The second kappa shape index (κ2) is 24.3. The molecular formula is C14H26MgS6. The van der Waals surface area contributed by atoms with Crippen molar-refractivity contribution in [3.8, 4) is 0 Å². The predicted octanol–water partition coefficient (Wildman–Crippen LogP) is 5.88. The van der Waals surface area contributed by atoms with Gasteiger partial charge in [0.2, 0.25) is 0 Å². The van der Waals surface area contributed by atoms with E-state index < -0.39 is 0 Å². The zero-order valence-corrected chi connectivity index (χ0v) is 19.5. The first-order valence-corrected chi connectivity index (χ1v) is 10.8. The summed E-state index contributed by atoms with van der Waals surface area (Å²) in [6.45, 7) is 4.43. The summed E-state index contributed by atoms with van der Waals surface area (Å²) in [5.74, 6) is 2.23. The van der Waals surface area contributed by atoms with Crippen LogP contribution in [-0.2, 0) is 25.3 Å². The van der Waals surface area contributed by atoms with Gasteiger partial charge >= 0.3 is 23.1 Å². The van der Waals surface area contributed by atoms with E-state index in [2.05, 4.69) is 13.8 Å². The quantitative estimate of drug-likeness (QED) is 0.189. The van der Waals surface area contributed by atoms with Gasteiger partial charge in [0.15, 0.2) is 0 Å². The van der Waals surface area contributed by atoms with E-state index in [0.717, 1.165) is 11.5 Å². The summed E-state index contributed by atoms with van der Waals surface area (Å²) in [7, 11) is 0. The van der Waals surface area contributed by atoms with E-state index in [9.17, 15) is 0 Å². The van der Waals surface area contributed by atoms with Gasteiger partial charge in [-0.2, -0.15) is 0 Å². The molecule has 0 rings (SSSR count). The smallest absolute Gasteiger partial charge is 0.422 e. The van der Waals surface area contributed by atoms with E-state index in [1.165, 1.54) is 51.4 Å².